The second-order valence-electron chi connectivity index (χ2n) is 25.8. The van der Waals surface area contributed by atoms with Gasteiger partial charge < -0.3 is 30.4 Å². The molecule has 0 saturated heterocycles. The molecular weight excluding hydrogens is 1080 g/mol. The van der Waals surface area contributed by atoms with E-state index >= 15 is 0 Å². The zero-order valence-electron chi connectivity index (χ0n) is 57.5. The summed E-state index contributed by atoms with van der Waals surface area (Å²) in [6.45, 7) is 10.4. The second-order valence-corrected chi connectivity index (χ2v) is 25.8. The zero-order chi connectivity index (χ0) is 61.5. The summed E-state index contributed by atoms with van der Waals surface area (Å²) in [6, 6.07) is 0. The Balaban J connectivity index is -0.00000156. The molecule has 496 valence electrons. The van der Waals surface area contributed by atoms with E-state index in [4.69, 9.17) is 0 Å². The van der Waals surface area contributed by atoms with Crippen molar-refractivity contribution in [2.24, 2.45) is 11.8 Å². The fourth-order valence-corrected chi connectivity index (χ4v) is 11.6. The van der Waals surface area contributed by atoms with Gasteiger partial charge in [0.15, 0.2) is 0 Å². The molecule has 8 nitrogen and oxygen atoms in total. The van der Waals surface area contributed by atoms with E-state index in [1.54, 1.807) is 0 Å². The van der Waals surface area contributed by atoms with Crippen molar-refractivity contribution in [2.45, 2.75) is 413 Å². The molecule has 2 amide bonds. The van der Waals surface area contributed by atoms with Crippen LogP contribution in [0, 0.1) is 11.8 Å². The average molecular weight is 1220 g/mol. The average Bonchev–Trinajstić information content (AvgIpc) is 3.55. The van der Waals surface area contributed by atoms with E-state index in [0.717, 1.165) is 38.5 Å². The molecule has 0 rings (SSSR count). The number of carbonyl (C=O) groups is 4. The van der Waals surface area contributed by atoms with Gasteiger partial charge in [-0.2, -0.15) is 0 Å². The van der Waals surface area contributed by atoms with Gasteiger partial charge in [0.1, 0.15) is 0 Å². The molecule has 2 unspecified atom stereocenters. The molecular formula is C76H144CaN2O6. The first-order chi connectivity index (χ1) is 41.2. The number of rotatable bonds is 68. The first-order valence-corrected chi connectivity index (χ1v) is 37.5. The summed E-state index contributed by atoms with van der Waals surface area (Å²) in [7, 11) is 0. The zero-order valence-corrected chi connectivity index (χ0v) is 59.7. The van der Waals surface area contributed by atoms with E-state index < -0.39 is 23.8 Å². The predicted molar refractivity (Wildman–Crippen MR) is 367 cm³/mol. The van der Waals surface area contributed by atoms with E-state index in [2.05, 4.69) is 50.5 Å². The Kier molecular flexibility index (Phi) is 79.4. The summed E-state index contributed by atoms with van der Waals surface area (Å²) < 4.78 is 0. The number of nitrogens with one attached hydrogen (secondary N) is 2. The molecule has 9 heteroatoms. The number of aliphatic carboxylic acids is 2. The van der Waals surface area contributed by atoms with Crippen LogP contribution in [-0.2, 0) is 19.2 Å². The third kappa shape index (κ3) is 75.0. The number of carboxylic acids is 2. The maximum atomic E-state index is 12.6. The van der Waals surface area contributed by atoms with Crippen molar-refractivity contribution in [3.8, 4) is 0 Å². The van der Waals surface area contributed by atoms with Crippen LogP contribution in [0.2, 0.25) is 0 Å². The van der Waals surface area contributed by atoms with Crippen molar-refractivity contribution in [1.82, 2.24) is 10.6 Å². The van der Waals surface area contributed by atoms with Crippen LogP contribution in [0.25, 0.3) is 0 Å². The molecule has 0 aliphatic carbocycles. The number of hydrogen-bond donors (Lipinski definition) is 2. The Hall–Kier alpha value is -1.38. The molecule has 0 aromatic carbocycles. The molecule has 0 aromatic heterocycles. The number of unbranched alkanes of at least 4 members (excludes halogenated alkanes) is 52. The summed E-state index contributed by atoms with van der Waals surface area (Å²) in [6.07, 6.45) is 82.8. The van der Waals surface area contributed by atoms with Gasteiger partial charge in [0.05, 0.1) is 0 Å². The van der Waals surface area contributed by atoms with Gasteiger partial charge in [0, 0.05) is 36.9 Å². The molecule has 0 fully saturated rings. The Morgan fingerprint density at radius 3 is 0.635 bits per heavy atom. The third-order valence-corrected chi connectivity index (χ3v) is 17.4. The molecule has 0 aliphatic rings. The molecule has 2 N–H and O–H groups in total. The predicted octanol–water partition coefficient (Wildman–Crippen LogP) is 21.2. The molecule has 85 heavy (non-hydrogen) atoms. The van der Waals surface area contributed by atoms with Crippen molar-refractivity contribution < 1.29 is 29.4 Å². The Morgan fingerprint density at radius 1 is 0.271 bits per heavy atom. The monoisotopic (exact) mass is 1220 g/mol. The number of amides is 2. The minimum absolute atomic E-state index is 0. The molecule has 0 spiro atoms. The SMILES string of the molecule is CCCCCCCCCCCCC/C=C/CC(CC(=O)[O-])C(=O)NCCCCCCCCCCCCCCCCCC.CCCCCCCCCCCCC/C=C/CC(CC(=O)[O-])C(=O)NCCCCCCCCCCCCCCCCCC.[Ca+2]. The van der Waals surface area contributed by atoms with Crippen LogP contribution in [0.3, 0.4) is 0 Å². The molecule has 0 aromatic rings. The molecule has 2 atom stereocenters. The van der Waals surface area contributed by atoms with Crippen molar-refractivity contribution >= 4 is 61.5 Å². The molecule has 0 bridgehead atoms. The standard InChI is InChI=1S/2C38H73NO3.Ca/c2*1-3-5-7-9-11-13-15-17-19-20-22-24-26-28-30-32-34-39-38(42)36(35-37(40)41)33-31-29-27-25-23-21-18-16-14-12-10-8-6-4-2;/h2*29,31,36H,3-28,30,32-35H2,1-2H3,(H,39,42)(H,40,41);/q;;+2/p-2/b2*31-29+;. The molecule has 0 saturated carbocycles. The van der Waals surface area contributed by atoms with Crippen LogP contribution in [0.4, 0.5) is 0 Å². The van der Waals surface area contributed by atoms with Gasteiger partial charge in [0.2, 0.25) is 11.8 Å². The largest absolute Gasteiger partial charge is 2.00 e. The van der Waals surface area contributed by atoms with E-state index in [1.165, 1.54) is 321 Å². The van der Waals surface area contributed by atoms with E-state index in [-0.39, 0.29) is 62.4 Å². The van der Waals surface area contributed by atoms with Crippen LogP contribution >= 0.6 is 0 Å². The van der Waals surface area contributed by atoms with Crippen molar-refractivity contribution in [3.63, 3.8) is 0 Å². The van der Waals surface area contributed by atoms with Crippen molar-refractivity contribution in [2.75, 3.05) is 13.1 Å². The molecule has 0 heterocycles. The van der Waals surface area contributed by atoms with Gasteiger partial charge in [-0.15, -0.1) is 0 Å². The van der Waals surface area contributed by atoms with Crippen LogP contribution in [0.1, 0.15) is 413 Å². The quantitative estimate of drug-likeness (QED) is 0.0353. The first kappa shape index (κ1) is 87.8. The Bertz CT molecular complexity index is 1320. The van der Waals surface area contributed by atoms with Gasteiger partial charge in [-0.3, -0.25) is 9.59 Å². The normalized spacial score (nSPS) is 12.1. The smallest absolute Gasteiger partial charge is 0.550 e. The minimum Gasteiger partial charge on any atom is -0.550 e. The maximum Gasteiger partial charge on any atom is 2.00 e. The van der Waals surface area contributed by atoms with Crippen LogP contribution in [0.5, 0.6) is 0 Å². The van der Waals surface area contributed by atoms with E-state index in [9.17, 15) is 29.4 Å². The summed E-state index contributed by atoms with van der Waals surface area (Å²) in [5.74, 6) is -3.61. The van der Waals surface area contributed by atoms with Gasteiger partial charge in [-0.05, 0) is 64.2 Å². The summed E-state index contributed by atoms with van der Waals surface area (Å²) in [4.78, 5) is 47.5. The second kappa shape index (κ2) is 76.9. The third-order valence-electron chi connectivity index (χ3n) is 17.4. The van der Waals surface area contributed by atoms with Gasteiger partial charge in [0.25, 0.3) is 0 Å². The van der Waals surface area contributed by atoms with Crippen LogP contribution < -0.4 is 20.8 Å². The van der Waals surface area contributed by atoms with Gasteiger partial charge in [-0.25, -0.2) is 0 Å². The fraction of sp³-hybridized carbons (Fsp3) is 0.895. The Labute approximate surface area is 559 Å². The number of carboxylic acid groups (broad SMARTS) is 2. The van der Waals surface area contributed by atoms with Gasteiger partial charge >= 0.3 is 37.7 Å². The van der Waals surface area contributed by atoms with Crippen molar-refractivity contribution in [3.05, 3.63) is 24.3 Å². The van der Waals surface area contributed by atoms with Crippen molar-refractivity contribution in [1.29, 1.82) is 0 Å². The minimum atomic E-state index is -1.14. The number of allylic oxidation sites excluding steroid dienone is 4. The summed E-state index contributed by atoms with van der Waals surface area (Å²) in [5.41, 5.74) is 0. The van der Waals surface area contributed by atoms with E-state index in [0.29, 0.717) is 25.9 Å². The molecule has 0 aliphatic heterocycles. The maximum absolute atomic E-state index is 12.6. The first-order valence-electron chi connectivity index (χ1n) is 37.5. The fourth-order valence-electron chi connectivity index (χ4n) is 11.6. The summed E-state index contributed by atoms with van der Waals surface area (Å²) in [5, 5.41) is 28.3. The topological polar surface area (TPSA) is 138 Å². The van der Waals surface area contributed by atoms with Crippen LogP contribution in [0.15, 0.2) is 24.3 Å². The molecule has 0 radical (unpaired) electrons. The number of hydrogen-bond acceptors (Lipinski definition) is 6. The van der Waals surface area contributed by atoms with Crippen LogP contribution in [-0.4, -0.2) is 74.6 Å². The Morgan fingerprint density at radius 2 is 0.447 bits per heavy atom. The van der Waals surface area contributed by atoms with Gasteiger partial charge in [-0.1, -0.05) is 373 Å². The summed E-state index contributed by atoms with van der Waals surface area (Å²) >= 11 is 0. The number of carbonyl (C=O) groups excluding carboxylic acids is 4. The van der Waals surface area contributed by atoms with E-state index in [1.807, 2.05) is 12.2 Å².